The zero-order chi connectivity index (χ0) is 23.0. The third-order valence-electron chi connectivity index (χ3n) is 4.34. The van der Waals surface area contributed by atoms with E-state index in [9.17, 15) is 13.2 Å². The van der Waals surface area contributed by atoms with Gasteiger partial charge in [-0.05, 0) is 63.5 Å². The predicted molar refractivity (Wildman–Crippen MR) is 129 cm³/mol. The van der Waals surface area contributed by atoms with Gasteiger partial charge in [0.2, 0.25) is 10.0 Å². The number of nitrogens with one attached hydrogen (secondary N) is 1. The molecule has 32 heavy (non-hydrogen) atoms. The van der Waals surface area contributed by atoms with Gasteiger partial charge in [-0.2, -0.15) is 5.10 Å². The van der Waals surface area contributed by atoms with Crippen molar-refractivity contribution in [3.8, 4) is 5.75 Å². The molecule has 166 valence electrons. The van der Waals surface area contributed by atoms with Crippen molar-refractivity contribution in [3.05, 3.63) is 94.5 Å². The van der Waals surface area contributed by atoms with Crippen LogP contribution in [-0.4, -0.2) is 33.3 Å². The fourth-order valence-corrected chi connectivity index (χ4v) is 4.26. The highest BCUT2D eigenvalue weighted by atomic mass is 79.9. The average Bonchev–Trinajstić information content (AvgIpc) is 2.77. The number of ether oxygens (including phenoxy) is 1. The quantitative estimate of drug-likeness (QED) is 0.345. The standard InChI is InChI=1S/C23H22BrN3O4S/c1-32(29,30)27(22-10-6-5-9-21(22)24)16-23(28)26-25-15-18-11-13-20(14-12-18)31-17-19-7-3-2-4-8-19/h2-15H,16-17H2,1H3,(H,26,28)/b25-15-. The van der Waals surface area contributed by atoms with Crippen molar-refractivity contribution in [2.75, 3.05) is 17.1 Å². The van der Waals surface area contributed by atoms with E-state index in [0.29, 0.717) is 22.5 Å². The lowest BCUT2D eigenvalue weighted by Gasteiger charge is -2.22. The van der Waals surface area contributed by atoms with Gasteiger partial charge in [-0.15, -0.1) is 0 Å². The maximum absolute atomic E-state index is 12.3. The van der Waals surface area contributed by atoms with E-state index in [0.717, 1.165) is 21.7 Å². The predicted octanol–water partition coefficient (Wildman–Crippen LogP) is 3.94. The summed E-state index contributed by atoms with van der Waals surface area (Å²) in [6.45, 7) is 0.0732. The summed E-state index contributed by atoms with van der Waals surface area (Å²) in [5.74, 6) is 0.150. The molecule has 0 saturated heterocycles. The van der Waals surface area contributed by atoms with E-state index in [4.69, 9.17) is 4.74 Å². The number of benzene rings is 3. The molecule has 0 saturated carbocycles. The van der Waals surface area contributed by atoms with Gasteiger partial charge in [0.1, 0.15) is 18.9 Å². The molecule has 0 heterocycles. The Bertz CT molecular complexity index is 1180. The van der Waals surface area contributed by atoms with E-state index < -0.39 is 22.5 Å². The third kappa shape index (κ3) is 6.93. The zero-order valence-corrected chi connectivity index (χ0v) is 19.7. The summed E-state index contributed by atoms with van der Waals surface area (Å²) >= 11 is 3.31. The number of hydrogen-bond acceptors (Lipinski definition) is 5. The van der Waals surface area contributed by atoms with Crippen molar-refractivity contribution in [2.45, 2.75) is 6.61 Å². The van der Waals surface area contributed by atoms with E-state index in [-0.39, 0.29) is 0 Å². The van der Waals surface area contributed by atoms with Gasteiger partial charge in [-0.1, -0.05) is 42.5 Å². The molecule has 9 heteroatoms. The van der Waals surface area contributed by atoms with Gasteiger partial charge in [0, 0.05) is 4.47 Å². The fraction of sp³-hybridized carbons (Fsp3) is 0.130. The van der Waals surface area contributed by atoms with Crippen LogP contribution in [0.3, 0.4) is 0 Å². The van der Waals surface area contributed by atoms with Crippen molar-refractivity contribution in [2.24, 2.45) is 5.10 Å². The van der Waals surface area contributed by atoms with Crippen LogP contribution in [0.15, 0.2) is 88.4 Å². The monoisotopic (exact) mass is 515 g/mol. The Balaban J connectivity index is 1.55. The van der Waals surface area contributed by atoms with E-state index >= 15 is 0 Å². The molecule has 1 N–H and O–H groups in total. The molecule has 3 rings (SSSR count). The first-order valence-electron chi connectivity index (χ1n) is 9.64. The molecule has 0 aromatic heterocycles. The minimum atomic E-state index is -3.67. The molecule has 0 fully saturated rings. The number of hydrogen-bond donors (Lipinski definition) is 1. The number of halogens is 1. The summed E-state index contributed by atoms with van der Waals surface area (Å²) in [5.41, 5.74) is 4.57. The van der Waals surface area contributed by atoms with Crippen LogP contribution < -0.4 is 14.5 Å². The fourth-order valence-electron chi connectivity index (χ4n) is 2.77. The minimum absolute atomic E-state index is 0.375. The number of rotatable bonds is 9. The minimum Gasteiger partial charge on any atom is -0.489 e. The Morgan fingerprint density at radius 2 is 1.69 bits per heavy atom. The molecule has 0 atom stereocenters. The van der Waals surface area contributed by atoms with Crippen molar-refractivity contribution in [1.82, 2.24) is 5.43 Å². The third-order valence-corrected chi connectivity index (χ3v) is 6.14. The Morgan fingerprint density at radius 1 is 1.03 bits per heavy atom. The normalized spacial score (nSPS) is 11.3. The second-order valence-corrected chi connectivity index (χ2v) is 9.62. The average molecular weight is 516 g/mol. The van der Waals surface area contributed by atoms with Gasteiger partial charge in [0.25, 0.3) is 5.91 Å². The molecule has 3 aromatic carbocycles. The topological polar surface area (TPSA) is 88.1 Å². The Morgan fingerprint density at radius 3 is 2.34 bits per heavy atom. The largest absolute Gasteiger partial charge is 0.489 e. The SMILES string of the molecule is CS(=O)(=O)N(CC(=O)N/N=C\c1ccc(OCc2ccccc2)cc1)c1ccccc1Br. The molecular formula is C23H22BrN3O4S. The highest BCUT2D eigenvalue weighted by Gasteiger charge is 2.22. The maximum Gasteiger partial charge on any atom is 0.260 e. The molecule has 0 bridgehead atoms. The van der Waals surface area contributed by atoms with Crippen LogP contribution in [0.1, 0.15) is 11.1 Å². The highest BCUT2D eigenvalue weighted by molar-refractivity contribution is 9.10. The molecule has 3 aromatic rings. The van der Waals surface area contributed by atoms with Crippen molar-refractivity contribution >= 4 is 43.8 Å². The molecule has 0 radical (unpaired) electrons. The number of carbonyl (C=O) groups is 1. The van der Waals surface area contributed by atoms with Gasteiger partial charge in [-0.25, -0.2) is 13.8 Å². The van der Waals surface area contributed by atoms with Crippen LogP contribution in [0, 0.1) is 0 Å². The second kappa shape index (κ2) is 10.9. The zero-order valence-electron chi connectivity index (χ0n) is 17.3. The first-order chi connectivity index (χ1) is 15.3. The van der Waals surface area contributed by atoms with Gasteiger partial charge in [0.15, 0.2) is 0 Å². The summed E-state index contributed by atoms with van der Waals surface area (Å²) in [4.78, 5) is 12.3. The number of hydrazone groups is 1. The Hall–Kier alpha value is -3.17. The Labute approximate surface area is 195 Å². The lowest BCUT2D eigenvalue weighted by molar-refractivity contribution is -0.119. The maximum atomic E-state index is 12.3. The number of amides is 1. The molecule has 0 spiro atoms. The summed E-state index contributed by atoms with van der Waals surface area (Å²) in [7, 11) is -3.67. The summed E-state index contributed by atoms with van der Waals surface area (Å²) in [6, 6.07) is 23.9. The van der Waals surface area contributed by atoms with Crippen LogP contribution in [0.25, 0.3) is 0 Å². The van der Waals surface area contributed by atoms with Gasteiger partial charge < -0.3 is 4.74 Å². The van der Waals surface area contributed by atoms with Crippen molar-refractivity contribution in [1.29, 1.82) is 0 Å². The lowest BCUT2D eigenvalue weighted by atomic mass is 10.2. The van der Waals surface area contributed by atoms with Crippen LogP contribution in [0.2, 0.25) is 0 Å². The summed E-state index contributed by atoms with van der Waals surface area (Å²) in [5, 5.41) is 3.92. The molecule has 0 aliphatic carbocycles. The van der Waals surface area contributed by atoms with E-state index in [1.807, 2.05) is 42.5 Å². The van der Waals surface area contributed by atoms with Crippen LogP contribution >= 0.6 is 15.9 Å². The molecule has 7 nitrogen and oxygen atoms in total. The molecule has 0 aliphatic heterocycles. The van der Waals surface area contributed by atoms with E-state index in [1.54, 1.807) is 36.4 Å². The number of anilines is 1. The van der Waals surface area contributed by atoms with Crippen molar-refractivity contribution in [3.63, 3.8) is 0 Å². The van der Waals surface area contributed by atoms with Gasteiger partial charge >= 0.3 is 0 Å². The molecular weight excluding hydrogens is 494 g/mol. The van der Waals surface area contributed by atoms with Crippen LogP contribution in [0.5, 0.6) is 5.75 Å². The summed E-state index contributed by atoms with van der Waals surface area (Å²) < 4.78 is 31.6. The number of nitrogens with zero attached hydrogens (tertiary/aromatic N) is 2. The van der Waals surface area contributed by atoms with Gasteiger partial charge in [0.05, 0.1) is 18.2 Å². The van der Waals surface area contributed by atoms with Crippen LogP contribution in [-0.2, 0) is 21.4 Å². The second-order valence-electron chi connectivity index (χ2n) is 6.86. The molecule has 1 amide bonds. The Kier molecular flexibility index (Phi) is 8.02. The first kappa shape index (κ1) is 23.5. The summed E-state index contributed by atoms with van der Waals surface area (Å²) in [6.07, 6.45) is 2.52. The number of sulfonamides is 1. The van der Waals surface area contributed by atoms with E-state index in [2.05, 4.69) is 26.5 Å². The molecule has 0 aliphatic rings. The van der Waals surface area contributed by atoms with Crippen molar-refractivity contribution < 1.29 is 17.9 Å². The highest BCUT2D eigenvalue weighted by Crippen LogP contribution is 2.27. The lowest BCUT2D eigenvalue weighted by Crippen LogP contribution is -2.39. The van der Waals surface area contributed by atoms with Crippen LogP contribution in [0.4, 0.5) is 5.69 Å². The number of para-hydroxylation sites is 1. The smallest absolute Gasteiger partial charge is 0.260 e. The number of carbonyl (C=O) groups excluding carboxylic acids is 1. The van der Waals surface area contributed by atoms with Gasteiger partial charge in [-0.3, -0.25) is 9.10 Å². The van der Waals surface area contributed by atoms with E-state index in [1.165, 1.54) is 6.21 Å². The first-order valence-corrected chi connectivity index (χ1v) is 12.3. The molecule has 0 unspecified atom stereocenters.